The minimum Gasteiger partial charge on any atom is -0.377 e. The van der Waals surface area contributed by atoms with Crippen molar-refractivity contribution in [1.29, 1.82) is 0 Å². The van der Waals surface area contributed by atoms with Crippen LogP contribution < -0.4 is 5.73 Å². The number of hydrogen-bond acceptors (Lipinski definition) is 4. The summed E-state index contributed by atoms with van der Waals surface area (Å²) in [4.78, 5) is 0. The van der Waals surface area contributed by atoms with Gasteiger partial charge in [0.15, 0.2) is 0 Å². The number of rotatable bonds is 32. The van der Waals surface area contributed by atoms with Gasteiger partial charge in [-0.05, 0) is 19.4 Å². The van der Waals surface area contributed by atoms with Gasteiger partial charge in [-0.3, -0.25) is 0 Å². The van der Waals surface area contributed by atoms with Crippen LogP contribution in [0.15, 0.2) is 0 Å². The summed E-state index contributed by atoms with van der Waals surface area (Å²) in [5.41, 5.74) is 5.54. The Bertz CT molecular complexity index is 413. The molecule has 0 amide bonds. The Morgan fingerprint density at radius 3 is 0.703 bits per heavy atom. The third-order valence-corrected chi connectivity index (χ3v) is 11.0. The Labute approximate surface area is 234 Å². The van der Waals surface area contributed by atoms with Crippen LogP contribution in [0.4, 0.5) is 0 Å². The Hall–Kier alpha value is 0.0569. The van der Waals surface area contributed by atoms with Crippen molar-refractivity contribution in [3.8, 4) is 0 Å². The lowest BCUT2D eigenvalue weighted by Crippen LogP contribution is -2.42. The molecule has 0 spiro atoms. The molecule has 5 heteroatoms. The highest BCUT2D eigenvalue weighted by Crippen LogP contribution is 2.19. The minimum absolute atomic E-state index is 0.868. The average molecular weight is 544 g/mol. The van der Waals surface area contributed by atoms with Gasteiger partial charge in [0.2, 0.25) is 0 Å². The van der Waals surface area contributed by atoms with Crippen LogP contribution >= 0.6 is 0 Å². The van der Waals surface area contributed by atoms with Gasteiger partial charge < -0.3 is 19.0 Å². The lowest BCUT2D eigenvalue weighted by Gasteiger charge is -2.24. The van der Waals surface area contributed by atoms with Gasteiger partial charge in [-0.1, -0.05) is 161 Å². The van der Waals surface area contributed by atoms with Crippen LogP contribution in [0.25, 0.3) is 0 Å². The standard InChI is InChI=1S/C32H69NO3Si/c1-34-37(35-2,36-3)32-30-28-26-24-22-20-18-16-14-12-10-8-6-4-5-7-9-11-13-15-17-19-21-23-25-27-29-31-33/h4-33H2,1-3H3. The quantitative estimate of drug-likeness (QED) is 0.0677. The molecule has 0 atom stereocenters. The van der Waals surface area contributed by atoms with Crippen molar-refractivity contribution < 1.29 is 13.3 Å². The van der Waals surface area contributed by atoms with Crippen molar-refractivity contribution in [2.45, 2.75) is 179 Å². The molecule has 0 saturated heterocycles. The van der Waals surface area contributed by atoms with E-state index in [1.54, 1.807) is 21.3 Å². The molecular weight excluding hydrogens is 474 g/mol. The molecule has 224 valence electrons. The van der Waals surface area contributed by atoms with E-state index in [0.29, 0.717) is 0 Å². The van der Waals surface area contributed by atoms with E-state index >= 15 is 0 Å². The van der Waals surface area contributed by atoms with Gasteiger partial charge in [-0.15, -0.1) is 0 Å². The summed E-state index contributed by atoms with van der Waals surface area (Å²) in [6.07, 6.45) is 38.1. The fourth-order valence-electron chi connectivity index (χ4n) is 5.46. The van der Waals surface area contributed by atoms with Crippen molar-refractivity contribution in [3.05, 3.63) is 0 Å². The first-order chi connectivity index (χ1) is 18.2. The predicted octanol–water partition coefficient (Wildman–Crippen LogP) is 10.4. The van der Waals surface area contributed by atoms with E-state index in [-0.39, 0.29) is 0 Å². The molecule has 0 aromatic rings. The maximum atomic E-state index is 5.54. The molecule has 4 nitrogen and oxygen atoms in total. The average Bonchev–Trinajstić information content (AvgIpc) is 2.92. The Morgan fingerprint density at radius 2 is 0.514 bits per heavy atom. The minimum atomic E-state index is -2.34. The fraction of sp³-hybridized carbons (Fsp3) is 1.00. The summed E-state index contributed by atoms with van der Waals surface area (Å²) < 4.78 is 16.5. The molecule has 0 saturated carbocycles. The van der Waals surface area contributed by atoms with Gasteiger partial charge >= 0.3 is 8.80 Å². The summed E-state index contributed by atoms with van der Waals surface area (Å²) in [6, 6.07) is 0.938. The molecule has 0 bridgehead atoms. The fourth-order valence-corrected chi connectivity index (χ4v) is 7.26. The topological polar surface area (TPSA) is 53.7 Å². The second-order valence-corrected chi connectivity index (χ2v) is 14.5. The van der Waals surface area contributed by atoms with Crippen LogP contribution in [0, 0.1) is 0 Å². The smallest absolute Gasteiger partial charge is 0.377 e. The summed E-state index contributed by atoms with van der Waals surface area (Å²) in [5, 5.41) is 0. The van der Waals surface area contributed by atoms with E-state index in [2.05, 4.69) is 0 Å². The molecule has 2 N–H and O–H groups in total. The van der Waals surface area contributed by atoms with Gasteiger partial charge in [0.1, 0.15) is 0 Å². The molecular formula is C32H69NO3Si. The molecule has 0 aromatic heterocycles. The second kappa shape index (κ2) is 30.6. The van der Waals surface area contributed by atoms with Gasteiger partial charge in [-0.25, -0.2) is 0 Å². The first kappa shape index (κ1) is 37.1. The van der Waals surface area contributed by atoms with Gasteiger partial charge in [0, 0.05) is 27.4 Å². The van der Waals surface area contributed by atoms with Gasteiger partial charge in [0.05, 0.1) is 0 Å². The van der Waals surface area contributed by atoms with Crippen LogP contribution in [0.1, 0.15) is 173 Å². The molecule has 0 aliphatic carbocycles. The molecule has 0 heterocycles. The zero-order valence-electron chi connectivity index (χ0n) is 25.8. The highest BCUT2D eigenvalue weighted by atomic mass is 28.4. The first-order valence-corrected chi connectivity index (χ1v) is 18.5. The number of unbranched alkanes of at least 4 members (excludes halogenated alkanes) is 26. The van der Waals surface area contributed by atoms with Gasteiger partial charge in [0.25, 0.3) is 0 Å². The predicted molar refractivity (Wildman–Crippen MR) is 165 cm³/mol. The van der Waals surface area contributed by atoms with Crippen LogP contribution in [0.2, 0.25) is 6.04 Å². The monoisotopic (exact) mass is 544 g/mol. The molecule has 0 fully saturated rings. The molecule has 0 radical (unpaired) electrons. The van der Waals surface area contributed by atoms with Crippen molar-refractivity contribution in [1.82, 2.24) is 0 Å². The van der Waals surface area contributed by atoms with Crippen molar-refractivity contribution in [2.75, 3.05) is 27.9 Å². The van der Waals surface area contributed by atoms with Crippen LogP contribution in [-0.4, -0.2) is 36.7 Å². The third kappa shape index (κ3) is 26.1. The Kier molecular flexibility index (Phi) is 30.6. The van der Waals surface area contributed by atoms with E-state index in [4.69, 9.17) is 19.0 Å². The van der Waals surface area contributed by atoms with Crippen molar-refractivity contribution in [2.24, 2.45) is 5.73 Å². The van der Waals surface area contributed by atoms with E-state index in [1.165, 1.54) is 167 Å². The van der Waals surface area contributed by atoms with E-state index in [1.807, 2.05) is 0 Å². The van der Waals surface area contributed by atoms with Crippen molar-refractivity contribution in [3.63, 3.8) is 0 Å². The molecule has 0 unspecified atom stereocenters. The zero-order valence-corrected chi connectivity index (χ0v) is 26.8. The second-order valence-electron chi connectivity index (χ2n) is 11.4. The first-order valence-electron chi connectivity index (χ1n) is 16.6. The summed E-state index contributed by atoms with van der Waals surface area (Å²) in [7, 11) is 2.78. The third-order valence-electron chi connectivity index (χ3n) is 8.12. The van der Waals surface area contributed by atoms with E-state index in [0.717, 1.165) is 19.0 Å². The maximum Gasteiger partial charge on any atom is 0.500 e. The molecule has 0 aromatic carbocycles. The van der Waals surface area contributed by atoms with Gasteiger partial charge in [-0.2, -0.15) is 0 Å². The summed E-state index contributed by atoms with van der Waals surface area (Å²) >= 11 is 0. The molecule has 0 aliphatic heterocycles. The lowest BCUT2D eigenvalue weighted by atomic mass is 10.0. The maximum absolute atomic E-state index is 5.54. The molecule has 37 heavy (non-hydrogen) atoms. The van der Waals surface area contributed by atoms with Crippen LogP contribution in [0.3, 0.4) is 0 Å². The largest absolute Gasteiger partial charge is 0.500 e. The van der Waals surface area contributed by atoms with Crippen LogP contribution in [-0.2, 0) is 13.3 Å². The number of nitrogens with two attached hydrogens (primary N) is 1. The Morgan fingerprint density at radius 1 is 0.324 bits per heavy atom. The van der Waals surface area contributed by atoms with Crippen molar-refractivity contribution >= 4 is 8.80 Å². The summed E-state index contributed by atoms with van der Waals surface area (Å²) in [6.45, 7) is 0.868. The highest BCUT2D eigenvalue weighted by molar-refractivity contribution is 6.60. The summed E-state index contributed by atoms with van der Waals surface area (Å²) in [5.74, 6) is 0. The highest BCUT2D eigenvalue weighted by Gasteiger charge is 2.36. The van der Waals surface area contributed by atoms with Crippen LogP contribution in [0.5, 0.6) is 0 Å². The zero-order chi connectivity index (χ0) is 27.1. The van der Waals surface area contributed by atoms with E-state index < -0.39 is 8.80 Å². The SMILES string of the molecule is CO[Si](CCCCCCCCCCCCCCCCCCCCCCCCCCCCCN)(OC)OC. The van der Waals surface area contributed by atoms with E-state index in [9.17, 15) is 0 Å². The lowest BCUT2D eigenvalue weighted by molar-refractivity contribution is 0.122. The molecule has 0 rings (SSSR count). The number of hydrogen-bond donors (Lipinski definition) is 1. The molecule has 0 aliphatic rings. The normalized spacial score (nSPS) is 12.0. The Balaban J connectivity index is 3.13.